The molecule has 0 atom stereocenters. The highest BCUT2D eigenvalue weighted by Gasteiger charge is 2.30. The van der Waals surface area contributed by atoms with Gasteiger partial charge in [-0.1, -0.05) is 6.07 Å². The molecule has 2 aromatic rings. The molecule has 134 valence electrons. The van der Waals surface area contributed by atoms with Gasteiger partial charge in [0.25, 0.3) is 0 Å². The van der Waals surface area contributed by atoms with Gasteiger partial charge in [0, 0.05) is 6.54 Å². The van der Waals surface area contributed by atoms with Crippen LogP contribution in [0.2, 0.25) is 0 Å². The SMILES string of the molecule is COc1ccc(CN2CCCC2)cc1Oc1ccc(C(F)(F)F)cc1. The van der Waals surface area contributed by atoms with Gasteiger partial charge >= 0.3 is 6.18 Å². The van der Waals surface area contributed by atoms with Crippen molar-refractivity contribution in [1.29, 1.82) is 0 Å². The van der Waals surface area contributed by atoms with Crippen molar-refractivity contribution in [2.75, 3.05) is 20.2 Å². The summed E-state index contributed by atoms with van der Waals surface area (Å²) in [6.07, 6.45) is -1.93. The topological polar surface area (TPSA) is 21.7 Å². The number of methoxy groups -OCH3 is 1. The number of hydrogen-bond acceptors (Lipinski definition) is 3. The maximum atomic E-state index is 12.6. The van der Waals surface area contributed by atoms with Crippen LogP contribution in [0.5, 0.6) is 17.2 Å². The summed E-state index contributed by atoms with van der Waals surface area (Å²) in [5.74, 6) is 1.38. The number of hydrogen-bond donors (Lipinski definition) is 0. The molecule has 0 amide bonds. The average Bonchev–Trinajstić information content (AvgIpc) is 3.08. The van der Waals surface area contributed by atoms with Gasteiger partial charge in [0.1, 0.15) is 5.75 Å². The van der Waals surface area contributed by atoms with Gasteiger partial charge in [0.2, 0.25) is 0 Å². The zero-order valence-corrected chi connectivity index (χ0v) is 14.0. The molecule has 3 rings (SSSR count). The predicted octanol–water partition coefficient (Wildman–Crippen LogP) is 5.10. The molecular formula is C19H20F3NO2. The van der Waals surface area contributed by atoms with Crippen LogP contribution in [0.1, 0.15) is 24.0 Å². The Kier molecular flexibility index (Phi) is 5.18. The quantitative estimate of drug-likeness (QED) is 0.748. The summed E-state index contributed by atoms with van der Waals surface area (Å²) in [6.45, 7) is 3.00. The fourth-order valence-corrected chi connectivity index (χ4v) is 2.94. The van der Waals surface area contributed by atoms with E-state index in [9.17, 15) is 13.2 Å². The molecule has 3 nitrogen and oxygen atoms in total. The fraction of sp³-hybridized carbons (Fsp3) is 0.368. The van der Waals surface area contributed by atoms with Crippen LogP contribution in [-0.2, 0) is 12.7 Å². The van der Waals surface area contributed by atoms with Gasteiger partial charge in [-0.25, -0.2) is 0 Å². The van der Waals surface area contributed by atoms with Crippen LogP contribution >= 0.6 is 0 Å². The third-order valence-corrected chi connectivity index (χ3v) is 4.24. The van der Waals surface area contributed by atoms with Crippen molar-refractivity contribution < 1.29 is 22.6 Å². The first-order chi connectivity index (χ1) is 12.0. The minimum absolute atomic E-state index is 0.338. The molecule has 0 unspecified atom stereocenters. The third-order valence-electron chi connectivity index (χ3n) is 4.24. The zero-order valence-electron chi connectivity index (χ0n) is 14.0. The van der Waals surface area contributed by atoms with E-state index in [2.05, 4.69) is 4.90 Å². The normalized spacial score (nSPS) is 15.4. The van der Waals surface area contributed by atoms with E-state index in [1.54, 1.807) is 0 Å². The summed E-state index contributed by atoms with van der Waals surface area (Å²) in [6, 6.07) is 10.3. The van der Waals surface area contributed by atoms with Gasteiger partial charge < -0.3 is 9.47 Å². The minimum Gasteiger partial charge on any atom is -0.493 e. The number of benzene rings is 2. The number of ether oxygens (including phenoxy) is 2. The van der Waals surface area contributed by atoms with E-state index < -0.39 is 11.7 Å². The maximum Gasteiger partial charge on any atom is 0.416 e. The summed E-state index contributed by atoms with van der Waals surface area (Å²) in [5.41, 5.74) is 0.388. The van der Waals surface area contributed by atoms with E-state index in [0.29, 0.717) is 17.2 Å². The van der Waals surface area contributed by atoms with E-state index in [0.717, 1.165) is 37.3 Å². The number of halogens is 3. The average molecular weight is 351 g/mol. The molecule has 0 radical (unpaired) electrons. The second-order valence-electron chi connectivity index (χ2n) is 6.09. The Morgan fingerprint density at radius 1 is 0.960 bits per heavy atom. The summed E-state index contributed by atoms with van der Waals surface area (Å²) >= 11 is 0. The first-order valence-corrected chi connectivity index (χ1v) is 8.20. The first-order valence-electron chi connectivity index (χ1n) is 8.20. The van der Waals surface area contributed by atoms with Crippen LogP contribution < -0.4 is 9.47 Å². The first kappa shape index (κ1) is 17.6. The van der Waals surface area contributed by atoms with Crippen molar-refractivity contribution in [1.82, 2.24) is 4.90 Å². The second kappa shape index (κ2) is 7.35. The van der Waals surface area contributed by atoms with Gasteiger partial charge in [-0.3, -0.25) is 4.90 Å². The highest BCUT2D eigenvalue weighted by Crippen LogP contribution is 2.35. The molecule has 25 heavy (non-hydrogen) atoms. The Morgan fingerprint density at radius 2 is 1.64 bits per heavy atom. The Bertz CT molecular complexity index is 708. The monoisotopic (exact) mass is 351 g/mol. The lowest BCUT2D eigenvalue weighted by atomic mass is 10.2. The molecule has 0 N–H and O–H groups in total. The van der Waals surface area contributed by atoms with Gasteiger partial charge in [-0.05, 0) is 67.9 Å². The lowest BCUT2D eigenvalue weighted by molar-refractivity contribution is -0.137. The van der Waals surface area contributed by atoms with Crippen LogP contribution in [0.4, 0.5) is 13.2 Å². The molecule has 1 heterocycles. The highest BCUT2D eigenvalue weighted by molar-refractivity contribution is 5.46. The maximum absolute atomic E-state index is 12.6. The van der Waals surface area contributed by atoms with Crippen molar-refractivity contribution >= 4 is 0 Å². The summed E-state index contributed by atoms with van der Waals surface area (Å²) in [5, 5.41) is 0. The molecule has 0 aliphatic carbocycles. The van der Waals surface area contributed by atoms with E-state index in [1.165, 1.54) is 32.1 Å². The van der Waals surface area contributed by atoms with Gasteiger partial charge in [-0.15, -0.1) is 0 Å². The molecule has 0 bridgehead atoms. The van der Waals surface area contributed by atoms with Gasteiger partial charge in [0.15, 0.2) is 11.5 Å². The standard InChI is InChI=1S/C19H20F3NO2/c1-24-17-9-4-14(13-23-10-2-3-11-23)12-18(17)25-16-7-5-15(6-8-16)19(20,21)22/h4-9,12H,2-3,10-11,13H2,1H3. The van der Waals surface area contributed by atoms with Crippen molar-refractivity contribution in [2.45, 2.75) is 25.6 Å². The van der Waals surface area contributed by atoms with E-state index >= 15 is 0 Å². The minimum atomic E-state index is -4.36. The molecule has 6 heteroatoms. The molecular weight excluding hydrogens is 331 g/mol. The number of nitrogens with zero attached hydrogens (tertiary/aromatic N) is 1. The second-order valence-corrected chi connectivity index (χ2v) is 6.09. The Hall–Kier alpha value is -2.21. The van der Waals surface area contributed by atoms with Crippen molar-refractivity contribution in [3.05, 3.63) is 53.6 Å². The van der Waals surface area contributed by atoms with E-state index in [4.69, 9.17) is 9.47 Å². The molecule has 1 saturated heterocycles. The number of alkyl halides is 3. The summed E-state index contributed by atoms with van der Waals surface area (Å²) in [7, 11) is 1.54. The lowest BCUT2D eigenvalue weighted by Gasteiger charge is -2.17. The molecule has 2 aromatic carbocycles. The largest absolute Gasteiger partial charge is 0.493 e. The molecule has 0 saturated carbocycles. The molecule has 1 aliphatic rings. The molecule has 1 fully saturated rings. The van der Waals surface area contributed by atoms with E-state index in [-0.39, 0.29) is 0 Å². The van der Waals surface area contributed by atoms with Crippen molar-refractivity contribution in [3.63, 3.8) is 0 Å². The smallest absolute Gasteiger partial charge is 0.416 e. The zero-order chi connectivity index (χ0) is 17.9. The molecule has 0 spiro atoms. The van der Waals surface area contributed by atoms with Gasteiger partial charge in [-0.2, -0.15) is 13.2 Å². The predicted molar refractivity (Wildman–Crippen MR) is 89.0 cm³/mol. The van der Waals surface area contributed by atoms with Crippen LogP contribution in [0.15, 0.2) is 42.5 Å². The Morgan fingerprint density at radius 3 is 2.24 bits per heavy atom. The van der Waals surface area contributed by atoms with Crippen LogP contribution in [0, 0.1) is 0 Å². The van der Waals surface area contributed by atoms with Gasteiger partial charge in [0.05, 0.1) is 12.7 Å². The van der Waals surface area contributed by atoms with E-state index in [1.807, 2.05) is 18.2 Å². The van der Waals surface area contributed by atoms with Crippen LogP contribution in [0.25, 0.3) is 0 Å². The lowest BCUT2D eigenvalue weighted by Crippen LogP contribution is -2.18. The summed E-state index contributed by atoms with van der Waals surface area (Å²) < 4.78 is 49.0. The molecule has 1 aliphatic heterocycles. The Balaban J connectivity index is 1.77. The highest BCUT2D eigenvalue weighted by atomic mass is 19.4. The fourth-order valence-electron chi connectivity index (χ4n) is 2.94. The van der Waals surface area contributed by atoms with Crippen molar-refractivity contribution in [3.8, 4) is 17.2 Å². The van der Waals surface area contributed by atoms with Crippen LogP contribution in [0.3, 0.4) is 0 Å². The van der Waals surface area contributed by atoms with Crippen molar-refractivity contribution in [2.24, 2.45) is 0 Å². The summed E-state index contributed by atoms with van der Waals surface area (Å²) in [4.78, 5) is 2.36. The number of rotatable bonds is 5. The molecule has 0 aromatic heterocycles. The third kappa shape index (κ3) is 4.45. The number of likely N-dealkylation sites (tertiary alicyclic amines) is 1. The Labute approximate surface area is 145 Å². The van der Waals surface area contributed by atoms with Crippen LogP contribution in [-0.4, -0.2) is 25.1 Å².